The Morgan fingerprint density at radius 1 is 0.537 bits per heavy atom. The first-order chi connectivity index (χ1) is 20.1. The second kappa shape index (κ2) is 33.2. The van der Waals surface area contributed by atoms with Crippen molar-refractivity contribution in [3.05, 3.63) is 12.2 Å². The summed E-state index contributed by atoms with van der Waals surface area (Å²) in [5.41, 5.74) is 0. The van der Waals surface area contributed by atoms with Gasteiger partial charge in [-0.2, -0.15) is 0 Å². The van der Waals surface area contributed by atoms with Crippen molar-refractivity contribution in [1.82, 2.24) is 0 Å². The lowest BCUT2D eigenvalue weighted by atomic mass is 9.97. The van der Waals surface area contributed by atoms with E-state index in [9.17, 15) is 9.59 Å². The zero-order valence-electron chi connectivity index (χ0n) is 27.6. The van der Waals surface area contributed by atoms with Crippen LogP contribution in [0.2, 0.25) is 0 Å². The van der Waals surface area contributed by atoms with Crippen molar-refractivity contribution in [3.63, 3.8) is 0 Å². The van der Waals surface area contributed by atoms with Crippen LogP contribution in [0.4, 0.5) is 0 Å². The molecule has 1 atom stereocenters. The molecule has 0 radical (unpaired) electrons. The fourth-order valence-electron chi connectivity index (χ4n) is 5.59. The Kier molecular flexibility index (Phi) is 32.1. The fourth-order valence-corrected chi connectivity index (χ4v) is 5.59. The zero-order chi connectivity index (χ0) is 30.1. The lowest BCUT2D eigenvalue weighted by molar-refractivity contribution is -0.153. The molecule has 0 saturated carbocycles. The van der Waals surface area contributed by atoms with Crippen LogP contribution in [0.15, 0.2) is 12.2 Å². The Morgan fingerprint density at radius 2 is 0.902 bits per heavy atom. The van der Waals surface area contributed by atoms with Crippen molar-refractivity contribution >= 4 is 11.9 Å². The normalized spacial score (nSPS) is 12.2. The van der Waals surface area contributed by atoms with Crippen LogP contribution in [0.3, 0.4) is 0 Å². The molecule has 4 nitrogen and oxygen atoms in total. The van der Waals surface area contributed by atoms with Crippen LogP contribution in [-0.2, 0) is 14.3 Å². The topological polar surface area (TPSA) is 63.6 Å². The Balaban J connectivity index is 3.35. The minimum absolute atomic E-state index is 0.116. The molecule has 1 N–H and O–H groups in total. The molecule has 4 heteroatoms. The van der Waals surface area contributed by atoms with E-state index in [2.05, 4.69) is 19.1 Å². The summed E-state index contributed by atoms with van der Waals surface area (Å²) in [7, 11) is 0. The molecule has 0 heterocycles. The fraction of sp³-hybridized carbons (Fsp3) is 0.892. The number of ether oxygens (including phenoxy) is 1. The van der Waals surface area contributed by atoms with E-state index in [0.29, 0.717) is 13.0 Å². The van der Waals surface area contributed by atoms with Gasteiger partial charge in [0.2, 0.25) is 0 Å². The number of rotatable bonds is 33. The molecule has 0 saturated heterocycles. The Morgan fingerprint density at radius 3 is 1.27 bits per heavy atom. The summed E-state index contributed by atoms with van der Waals surface area (Å²) in [5, 5.41) is 9.05. The van der Waals surface area contributed by atoms with E-state index < -0.39 is 11.9 Å². The molecule has 41 heavy (non-hydrogen) atoms. The van der Waals surface area contributed by atoms with Gasteiger partial charge in [-0.1, -0.05) is 167 Å². The maximum absolute atomic E-state index is 12.0. The van der Waals surface area contributed by atoms with Crippen LogP contribution >= 0.6 is 0 Å². The van der Waals surface area contributed by atoms with E-state index >= 15 is 0 Å². The number of hydrogen-bond donors (Lipinski definition) is 1. The van der Waals surface area contributed by atoms with Gasteiger partial charge in [0.25, 0.3) is 0 Å². The number of allylic oxidation sites excluding steroid dienone is 2. The van der Waals surface area contributed by atoms with Gasteiger partial charge in [-0.25, -0.2) is 0 Å². The maximum atomic E-state index is 12.0. The minimum atomic E-state index is -0.919. The summed E-state index contributed by atoms with van der Waals surface area (Å²) < 4.78 is 5.16. The van der Waals surface area contributed by atoms with Gasteiger partial charge in [0, 0.05) is 0 Å². The standard InChI is InChI=1S/C37H70O4/c1-3-5-6-7-8-9-10-11-12-13-14-15-16-17-18-19-20-21-22-23-24-25-26-27-28-29-30-31-32-35(34-36(38)39)37(40)41-33-4-2/h22-23,35H,3-21,24-34H2,1-2H3,(H,38,39)/b23-22+. The third kappa shape index (κ3) is 31.4. The van der Waals surface area contributed by atoms with Gasteiger partial charge in [0.15, 0.2) is 0 Å². The number of unbranched alkanes of at least 4 members (excludes halogenated alkanes) is 24. The summed E-state index contributed by atoms with van der Waals surface area (Å²) in [6.45, 7) is 4.61. The van der Waals surface area contributed by atoms with Crippen molar-refractivity contribution < 1.29 is 19.4 Å². The average Bonchev–Trinajstić information content (AvgIpc) is 2.96. The Bertz CT molecular complexity index is 585. The van der Waals surface area contributed by atoms with Gasteiger partial charge < -0.3 is 9.84 Å². The highest BCUT2D eigenvalue weighted by molar-refractivity contribution is 5.79. The van der Waals surface area contributed by atoms with Crippen molar-refractivity contribution in [2.24, 2.45) is 5.92 Å². The first-order valence-corrected chi connectivity index (χ1v) is 18.1. The number of carbonyl (C=O) groups excluding carboxylic acids is 1. The molecular formula is C37H70O4. The second-order valence-corrected chi connectivity index (χ2v) is 12.4. The quantitative estimate of drug-likeness (QED) is 0.0478. The van der Waals surface area contributed by atoms with E-state index in [1.54, 1.807) is 0 Å². The van der Waals surface area contributed by atoms with Crippen molar-refractivity contribution in [3.8, 4) is 0 Å². The number of carboxylic acids is 1. The SMILES string of the molecule is CCCCCCCCCCCCCCCCCCC/C=C/CCCCCCCCCC(CC(=O)O)C(=O)OCCC. The van der Waals surface area contributed by atoms with Crippen LogP contribution < -0.4 is 0 Å². The van der Waals surface area contributed by atoms with Gasteiger partial charge in [0.1, 0.15) is 0 Å². The predicted octanol–water partition coefficient (Wildman–Crippen LogP) is 12.1. The molecule has 0 spiro atoms. The van der Waals surface area contributed by atoms with Crippen LogP contribution in [-0.4, -0.2) is 23.7 Å². The number of carboxylic acid groups (broad SMARTS) is 1. The van der Waals surface area contributed by atoms with E-state index in [4.69, 9.17) is 9.84 Å². The number of hydrogen-bond acceptors (Lipinski definition) is 3. The molecule has 0 fully saturated rings. The van der Waals surface area contributed by atoms with Gasteiger partial charge in [-0.3, -0.25) is 9.59 Å². The Hall–Kier alpha value is -1.32. The second-order valence-electron chi connectivity index (χ2n) is 12.4. The summed E-state index contributed by atoms with van der Waals surface area (Å²) in [6.07, 6.45) is 41.0. The van der Waals surface area contributed by atoms with Crippen molar-refractivity contribution in [2.45, 2.75) is 200 Å². The molecule has 0 rings (SSSR count). The number of esters is 1. The van der Waals surface area contributed by atoms with E-state index in [1.807, 2.05) is 6.92 Å². The number of carbonyl (C=O) groups is 2. The molecule has 0 aromatic rings. The molecular weight excluding hydrogens is 508 g/mol. The zero-order valence-corrected chi connectivity index (χ0v) is 27.6. The summed E-state index contributed by atoms with van der Waals surface area (Å²) in [6, 6.07) is 0. The monoisotopic (exact) mass is 579 g/mol. The minimum Gasteiger partial charge on any atom is -0.481 e. The molecule has 0 aliphatic rings. The highest BCUT2D eigenvalue weighted by atomic mass is 16.5. The van der Waals surface area contributed by atoms with E-state index in [-0.39, 0.29) is 12.4 Å². The van der Waals surface area contributed by atoms with Gasteiger partial charge >= 0.3 is 11.9 Å². The highest BCUT2D eigenvalue weighted by Crippen LogP contribution is 2.18. The summed E-state index contributed by atoms with van der Waals surface area (Å²) in [5.74, 6) is -1.75. The lowest BCUT2D eigenvalue weighted by Gasteiger charge is -2.13. The number of aliphatic carboxylic acids is 1. The third-order valence-corrected chi connectivity index (χ3v) is 8.27. The molecule has 242 valence electrons. The lowest BCUT2D eigenvalue weighted by Crippen LogP contribution is -2.21. The van der Waals surface area contributed by atoms with Crippen molar-refractivity contribution in [2.75, 3.05) is 6.61 Å². The average molecular weight is 579 g/mol. The van der Waals surface area contributed by atoms with Gasteiger partial charge in [-0.15, -0.1) is 0 Å². The van der Waals surface area contributed by atoms with E-state index in [0.717, 1.165) is 19.3 Å². The van der Waals surface area contributed by atoms with Crippen LogP contribution in [0.1, 0.15) is 200 Å². The predicted molar refractivity (Wildman–Crippen MR) is 176 cm³/mol. The molecule has 0 aliphatic heterocycles. The molecule has 0 bridgehead atoms. The summed E-state index contributed by atoms with van der Waals surface area (Å²) in [4.78, 5) is 23.1. The van der Waals surface area contributed by atoms with Crippen LogP contribution in [0.25, 0.3) is 0 Å². The summed E-state index contributed by atoms with van der Waals surface area (Å²) >= 11 is 0. The van der Waals surface area contributed by atoms with Crippen LogP contribution in [0.5, 0.6) is 0 Å². The van der Waals surface area contributed by atoms with Gasteiger partial charge in [0.05, 0.1) is 18.9 Å². The van der Waals surface area contributed by atoms with Crippen LogP contribution in [0, 0.1) is 5.92 Å². The molecule has 0 aromatic heterocycles. The molecule has 0 amide bonds. The molecule has 1 unspecified atom stereocenters. The van der Waals surface area contributed by atoms with Gasteiger partial charge in [-0.05, 0) is 38.5 Å². The third-order valence-electron chi connectivity index (χ3n) is 8.27. The highest BCUT2D eigenvalue weighted by Gasteiger charge is 2.22. The largest absolute Gasteiger partial charge is 0.481 e. The molecule has 0 aliphatic carbocycles. The first kappa shape index (κ1) is 39.7. The smallest absolute Gasteiger partial charge is 0.309 e. The van der Waals surface area contributed by atoms with E-state index in [1.165, 1.54) is 154 Å². The maximum Gasteiger partial charge on any atom is 0.309 e. The Labute approximate surface area is 255 Å². The van der Waals surface area contributed by atoms with Crippen molar-refractivity contribution in [1.29, 1.82) is 0 Å². The molecule has 0 aromatic carbocycles. The first-order valence-electron chi connectivity index (χ1n) is 18.1.